The van der Waals surface area contributed by atoms with E-state index in [0.29, 0.717) is 16.0 Å². The van der Waals surface area contributed by atoms with Crippen LogP contribution in [0.4, 0.5) is 4.39 Å². The first kappa shape index (κ1) is 24.5. The van der Waals surface area contributed by atoms with Crippen LogP contribution in [0.1, 0.15) is 35.5 Å². The number of thioether (sulfide) groups is 1. The lowest BCUT2D eigenvalue weighted by Gasteiger charge is -2.26. The molecule has 0 amide bonds. The number of pyridine rings is 1. The Morgan fingerprint density at radius 1 is 1.23 bits per heavy atom. The van der Waals surface area contributed by atoms with Gasteiger partial charge in [0.05, 0.1) is 22.7 Å². The van der Waals surface area contributed by atoms with Gasteiger partial charge in [0.25, 0.3) is 0 Å². The number of aliphatic hydroxyl groups excluding tert-OH is 1. The molecule has 8 nitrogen and oxygen atoms in total. The highest BCUT2D eigenvalue weighted by Crippen LogP contribution is 2.45. The molecule has 0 saturated heterocycles. The zero-order valence-corrected chi connectivity index (χ0v) is 20.1. The number of hydrogen-bond acceptors (Lipinski definition) is 6. The van der Waals surface area contributed by atoms with Crippen molar-refractivity contribution in [1.82, 2.24) is 14.5 Å². The molecule has 0 aliphatic heterocycles. The Morgan fingerprint density at radius 2 is 1.94 bits per heavy atom. The third kappa shape index (κ3) is 4.80. The Hall–Kier alpha value is -3.63. The molecule has 0 aliphatic carbocycles. The van der Waals surface area contributed by atoms with Crippen LogP contribution in [0.3, 0.4) is 0 Å². The van der Waals surface area contributed by atoms with Gasteiger partial charge < -0.3 is 19.9 Å². The molecule has 35 heavy (non-hydrogen) atoms. The molecule has 0 spiro atoms. The Labute approximate surface area is 204 Å². The van der Waals surface area contributed by atoms with Crippen LogP contribution in [0.25, 0.3) is 16.9 Å². The second-order valence-electron chi connectivity index (χ2n) is 8.39. The number of aliphatic hydroxyl groups is 1. The van der Waals surface area contributed by atoms with Gasteiger partial charge in [-0.2, -0.15) is 0 Å². The van der Waals surface area contributed by atoms with Crippen LogP contribution < -0.4 is 10.4 Å². The molecule has 182 valence electrons. The van der Waals surface area contributed by atoms with Crippen molar-refractivity contribution in [2.45, 2.75) is 30.4 Å². The lowest BCUT2D eigenvalue weighted by Crippen LogP contribution is -2.18. The highest BCUT2D eigenvalue weighted by molar-refractivity contribution is 8.00. The first-order chi connectivity index (χ1) is 16.6. The van der Waals surface area contributed by atoms with E-state index in [4.69, 9.17) is 4.74 Å². The Bertz CT molecular complexity index is 1460. The zero-order valence-electron chi connectivity index (χ0n) is 19.3. The standard InChI is InChI=1S/C25H24FN3O5S/c1-14-11-17(23(31)32)27-22-21(14)28-24(33)29(22)18-13-20(19(12-16(18)26)34-10-9-30)35-25(2,3)15-7-5-4-6-8-15/h4-8,11-13,30H,9-10H2,1-3H3,(H,28,33)(H,31,32). The second-order valence-corrected chi connectivity index (χ2v) is 10.1. The van der Waals surface area contributed by atoms with Crippen LogP contribution in [-0.2, 0) is 4.75 Å². The smallest absolute Gasteiger partial charge is 0.354 e. The van der Waals surface area contributed by atoms with Crippen LogP contribution in [-0.4, -0.2) is 43.9 Å². The van der Waals surface area contributed by atoms with Crippen molar-refractivity contribution in [1.29, 1.82) is 0 Å². The fourth-order valence-electron chi connectivity index (χ4n) is 3.78. The average molecular weight is 498 g/mol. The van der Waals surface area contributed by atoms with E-state index in [-0.39, 0.29) is 36.0 Å². The molecular weight excluding hydrogens is 473 g/mol. The summed E-state index contributed by atoms with van der Waals surface area (Å²) in [6.45, 7) is 5.37. The lowest BCUT2D eigenvalue weighted by atomic mass is 10.0. The van der Waals surface area contributed by atoms with Gasteiger partial charge in [0.2, 0.25) is 0 Å². The normalized spacial score (nSPS) is 11.7. The molecule has 10 heteroatoms. The van der Waals surface area contributed by atoms with Crippen molar-refractivity contribution in [2.75, 3.05) is 13.2 Å². The minimum atomic E-state index is -1.26. The summed E-state index contributed by atoms with van der Waals surface area (Å²) in [6, 6.07) is 13.7. The molecule has 0 aliphatic rings. The number of hydrogen-bond donors (Lipinski definition) is 3. The number of nitrogens with zero attached hydrogens (tertiary/aromatic N) is 2. The number of fused-ring (bicyclic) bond motifs is 1. The van der Waals surface area contributed by atoms with E-state index in [0.717, 1.165) is 16.2 Å². The summed E-state index contributed by atoms with van der Waals surface area (Å²) in [5.74, 6) is -1.80. The van der Waals surface area contributed by atoms with E-state index >= 15 is 4.39 Å². The van der Waals surface area contributed by atoms with E-state index in [9.17, 15) is 19.8 Å². The quantitative estimate of drug-likeness (QED) is 0.311. The number of H-pyrrole nitrogens is 1. The largest absolute Gasteiger partial charge is 0.490 e. The summed E-state index contributed by atoms with van der Waals surface area (Å²) < 4.78 is 21.6. The van der Waals surface area contributed by atoms with Gasteiger partial charge in [-0.25, -0.2) is 23.5 Å². The Balaban J connectivity index is 1.91. The number of rotatable bonds is 8. The monoisotopic (exact) mass is 497 g/mol. The summed E-state index contributed by atoms with van der Waals surface area (Å²) in [5, 5.41) is 18.6. The summed E-state index contributed by atoms with van der Waals surface area (Å²) in [6.07, 6.45) is 0. The summed E-state index contributed by atoms with van der Waals surface area (Å²) in [7, 11) is 0. The zero-order chi connectivity index (χ0) is 25.3. The van der Waals surface area contributed by atoms with Crippen LogP contribution in [0.15, 0.2) is 58.2 Å². The first-order valence-electron chi connectivity index (χ1n) is 10.8. The van der Waals surface area contributed by atoms with Gasteiger partial charge in [0.15, 0.2) is 17.2 Å². The van der Waals surface area contributed by atoms with Crippen molar-refractivity contribution in [2.24, 2.45) is 0 Å². The molecular formula is C25H24FN3O5S. The SMILES string of the molecule is Cc1cc(C(=O)O)nc2c1[nH]c(=O)n2-c1cc(SC(C)(C)c2ccccc2)c(OCCO)cc1F. The first-order valence-corrected chi connectivity index (χ1v) is 11.6. The molecule has 0 radical (unpaired) electrons. The molecule has 4 rings (SSSR count). The third-order valence-electron chi connectivity index (χ3n) is 5.50. The number of aromatic amines is 1. The van der Waals surface area contributed by atoms with E-state index in [1.54, 1.807) is 6.92 Å². The number of imidazole rings is 1. The van der Waals surface area contributed by atoms with E-state index in [1.165, 1.54) is 23.9 Å². The van der Waals surface area contributed by atoms with E-state index in [2.05, 4.69) is 9.97 Å². The number of carboxylic acid groups (broad SMARTS) is 1. The Kier molecular flexibility index (Phi) is 6.68. The molecule has 2 aromatic carbocycles. The van der Waals surface area contributed by atoms with Gasteiger partial charge >= 0.3 is 11.7 Å². The molecule has 4 aromatic rings. The number of halogens is 1. The number of aromatic carboxylic acids is 1. The number of aromatic nitrogens is 3. The van der Waals surface area contributed by atoms with Crippen LogP contribution in [0, 0.1) is 12.7 Å². The number of carboxylic acids is 1. The number of ether oxygens (including phenoxy) is 1. The number of benzene rings is 2. The minimum Gasteiger partial charge on any atom is -0.490 e. The van der Waals surface area contributed by atoms with Gasteiger partial charge in [-0.15, -0.1) is 11.8 Å². The average Bonchev–Trinajstić information content (AvgIpc) is 3.15. The summed E-state index contributed by atoms with van der Waals surface area (Å²) in [4.78, 5) is 31.7. The molecule has 0 bridgehead atoms. The molecule has 0 unspecified atom stereocenters. The predicted molar refractivity (Wildman–Crippen MR) is 131 cm³/mol. The Morgan fingerprint density at radius 3 is 2.60 bits per heavy atom. The maximum absolute atomic E-state index is 15.4. The topological polar surface area (TPSA) is 117 Å². The molecule has 0 saturated carbocycles. The highest BCUT2D eigenvalue weighted by Gasteiger charge is 2.26. The van der Waals surface area contributed by atoms with Gasteiger partial charge in [-0.05, 0) is 44.0 Å². The number of carbonyl (C=O) groups is 1. The number of nitrogens with one attached hydrogen (secondary N) is 1. The van der Waals surface area contributed by atoms with Gasteiger partial charge in [-0.3, -0.25) is 0 Å². The van der Waals surface area contributed by atoms with Crippen molar-refractivity contribution in [3.05, 3.63) is 81.7 Å². The van der Waals surface area contributed by atoms with Gasteiger partial charge in [0, 0.05) is 10.8 Å². The fourth-order valence-corrected chi connectivity index (χ4v) is 4.97. The predicted octanol–water partition coefficient (Wildman–Crippen LogP) is 4.26. The lowest BCUT2D eigenvalue weighted by molar-refractivity contribution is 0.0690. The molecule has 2 heterocycles. The van der Waals surface area contributed by atoms with Crippen molar-refractivity contribution in [3.63, 3.8) is 0 Å². The summed E-state index contributed by atoms with van der Waals surface area (Å²) in [5.41, 5.74) is 0.832. The van der Waals surface area contributed by atoms with E-state index in [1.807, 2.05) is 44.2 Å². The second kappa shape index (κ2) is 9.55. The van der Waals surface area contributed by atoms with Crippen molar-refractivity contribution < 1.29 is 24.1 Å². The van der Waals surface area contributed by atoms with Crippen molar-refractivity contribution >= 4 is 28.9 Å². The minimum absolute atomic E-state index is 0.00796. The highest BCUT2D eigenvalue weighted by atomic mass is 32.2. The van der Waals surface area contributed by atoms with Crippen molar-refractivity contribution in [3.8, 4) is 11.4 Å². The van der Waals surface area contributed by atoms with Crippen LogP contribution >= 0.6 is 11.8 Å². The maximum Gasteiger partial charge on any atom is 0.354 e. The van der Waals surface area contributed by atoms with Gasteiger partial charge in [0.1, 0.15) is 12.4 Å². The van der Waals surface area contributed by atoms with E-state index < -0.39 is 22.2 Å². The van der Waals surface area contributed by atoms with Crippen LogP contribution in [0.2, 0.25) is 0 Å². The molecule has 3 N–H and O–H groups in total. The molecule has 0 atom stereocenters. The fraction of sp³-hybridized carbons (Fsp3) is 0.240. The van der Waals surface area contributed by atoms with Crippen LogP contribution in [0.5, 0.6) is 5.75 Å². The number of aryl methyl sites for hydroxylation is 1. The molecule has 2 aromatic heterocycles. The third-order valence-corrected chi connectivity index (χ3v) is 6.79. The van der Waals surface area contributed by atoms with Gasteiger partial charge in [-0.1, -0.05) is 30.3 Å². The summed E-state index contributed by atoms with van der Waals surface area (Å²) >= 11 is 1.41. The maximum atomic E-state index is 15.4. The molecule has 0 fully saturated rings.